The molecular weight excluding hydrogens is 360 g/mol. The van der Waals surface area contributed by atoms with Crippen LogP contribution in [0.15, 0.2) is 53.4 Å². The number of sulfonamides is 1. The summed E-state index contributed by atoms with van der Waals surface area (Å²) < 4.78 is 27.7. The molecule has 146 valence electrons. The number of anilines is 1. The number of hydrogen-bond acceptors (Lipinski definition) is 3. The highest BCUT2D eigenvalue weighted by Crippen LogP contribution is 2.27. The van der Waals surface area contributed by atoms with Crippen molar-refractivity contribution >= 4 is 21.6 Å². The van der Waals surface area contributed by atoms with E-state index in [0.717, 1.165) is 11.1 Å². The fourth-order valence-corrected chi connectivity index (χ4v) is 4.21. The molecule has 0 aliphatic rings. The molecule has 0 aliphatic heterocycles. The maximum atomic E-state index is 13.3. The molecule has 6 heteroatoms. The normalized spacial score (nSPS) is 12.7. The Morgan fingerprint density at radius 3 is 2.22 bits per heavy atom. The van der Waals surface area contributed by atoms with Gasteiger partial charge in [-0.1, -0.05) is 49.7 Å². The topological polar surface area (TPSA) is 66.5 Å². The maximum absolute atomic E-state index is 13.3. The molecule has 0 saturated carbocycles. The summed E-state index contributed by atoms with van der Waals surface area (Å²) in [5, 5.41) is 2.89. The molecule has 1 atom stereocenters. The third kappa shape index (κ3) is 5.10. The van der Waals surface area contributed by atoms with Crippen LogP contribution >= 0.6 is 0 Å². The summed E-state index contributed by atoms with van der Waals surface area (Å²) in [4.78, 5) is 12.7. The standard InChI is InChI=1S/C21H28N2O3S/c1-15(2)18(5)22-21(24)14-23(20-12-11-16(3)13-17(20)4)27(25,26)19-9-7-6-8-10-19/h6-13,15,18H,14H2,1-5H3,(H,22,24)/t18-/m0/s1. The highest BCUT2D eigenvalue weighted by atomic mass is 32.2. The molecular formula is C21H28N2O3S. The number of rotatable bonds is 7. The first-order valence-electron chi connectivity index (χ1n) is 9.07. The molecule has 2 aromatic rings. The van der Waals surface area contributed by atoms with Gasteiger partial charge in [0.15, 0.2) is 0 Å². The predicted molar refractivity (Wildman–Crippen MR) is 109 cm³/mol. The smallest absolute Gasteiger partial charge is 0.264 e. The lowest BCUT2D eigenvalue weighted by atomic mass is 10.1. The first-order valence-corrected chi connectivity index (χ1v) is 10.5. The minimum atomic E-state index is -3.87. The number of amides is 1. The van der Waals surface area contributed by atoms with E-state index in [2.05, 4.69) is 5.32 Å². The van der Waals surface area contributed by atoms with Gasteiger partial charge in [-0.25, -0.2) is 8.42 Å². The number of carbonyl (C=O) groups is 1. The van der Waals surface area contributed by atoms with E-state index in [4.69, 9.17) is 0 Å². The van der Waals surface area contributed by atoms with E-state index in [9.17, 15) is 13.2 Å². The van der Waals surface area contributed by atoms with Crippen LogP contribution in [0.5, 0.6) is 0 Å². The van der Waals surface area contributed by atoms with Crippen LogP contribution in [0.1, 0.15) is 31.9 Å². The van der Waals surface area contributed by atoms with Gasteiger partial charge in [-0.15, -0.1) is 0 Å². The van der Waals surface area contributed by atoms with Gasteiger partial charge in [0, 0.05) is 6.04 Å². The second-order valence-corrected chi connectivity index (χ2v) is 9.08. The quantitative estimate of drug-likeness (QED) is 0.787. The molecule has 0 unspecified atom stereocenters. The lowest BCUT2D eigenvalue weighted by molar-refractivity contribution is -0.120. The van der Waals surface area contributed by atoms with Crippen molar-refractivity contribution in [3.63, 3.8) is 0 Å². The summed E-state index contributed by atoms with van der Waals surface area (Å²) >= 11 is 0. The Morgan fingerprint density at radius 2 is 1.67 bits per heavy atom. The zero-order valence-corrected chi connectivity index (χ0v) is 17.4. The Morgan fingerprint density at radius 1 is 1.04 bits per heavy atom. The summed E-state index contributed by atoms with van der Waals surface area (Å²) in [6.45, 7) is 9.46. The molecule has 0 fully saturated rings. The molecule has 0 bridgehead atoms. The van der Waals surface area contributed by atoms with Crippen molar-refractivity contribution in [2.45, 2.75) is 45.6 Å². The zero-order chi connectivity index (χ0) is 20.2. The fourth-order valence-electron chi connectivity index (χ4n) is 2.70. The molecule has 2 rings (SSSR count). The van der Waals surface area contributed by atoms with E-state index < -0.39 is 10.0 Å². The summed E-state index contributed by atoms with van der Waals surface area (Å²) in [7, 11) is -3.87. The Hall–Kier alpha value is -2.34. The highest BCUT2D eigenvalue weighted by Gasteiger charge is 2.28. The number of hydrogen-bond donors (Lipinski definition) is 1. The minimum absolute atomic E-state index is 0.0436. The molecule has 27 heavy (non-hydrogen) atoms. The number of aryl methyl sites for hydroxylation is 2. The molecule has 0 aliphatic carbocycles. The van der Waals surface area contributed by atoms with E-state index >= 15 is 0 Å². The van der Waals surface area contributed by atoms with E-state index in [0.29, 0.717) is 5.69 Å². The first-order chi connectivity index (χ1) is 12.6. The van der Waals surface area contributed by atoms with Crippen molar-refractivity contribution in [3.05, 3.63) is 59.7 Å². The van der Waals surface area contributed by atoms with Crippen LogP contribution < -0.4 is 9.62 Å². The van der Waals surface area contributed by atoms with Crippen molar-refractivity contribution in [2.75, 3.05) is 10.8 Å². The van der Waals surface area contributed by atoms with Crippen LogP contribution in [-0.4, -0.2) is 26.9 Å². The molecule has 0 aromatic heterocycles. The molecule has 0 radical (unpaired) electrons. The largest absolute Gasteiger partial charge is 0.352 e. The van der Waals surface area contributed by atoms with Gasteiger partial charge in [0.05, 0.1) is 10.6 Å². The van der Waals surface area contributed by atoms with Gasteiger partial charge < -0.3 is 5.32 Å². The fraction of sp³-hybridized carbons (Fsp3) is 0.381. The van der Waals surface area contributed by atoms with Crippen LogP contribution in [0.25, 0.3) is 0 Å². The second-order valence-electron chi connectivity index (χ2n) is 7.21. The Bertz CT molecular complexity index is 893. The van der Waals surface area contributed by atoms with Gasteiger partial charge in [0.25, 0.3) is 10.0 Å². The van der Waals surface area contributed by atoms with Gasteiger partial charge in [-0.2, -0.15) is 0 Å². The second kappa shape index (κ2) is 8.57. The Balaban J connectivity index is 2.45. The van der Waals surface area contributed by atoms with Crippen LogP contribution in [0, 0.1) is 19.8 Å². The molecule has 1 amide bonds. The first kappa shape index (κ1) is 21.0. The minimum Gasteiger partial charge on any atom is -0.352 e. The maximum Gasteiger partial charge on any atom is 0.264 e. The third-order valence-corrected chi connectivity index (χ3v) is 6.40. The van der Waals surface area contributed by atoms with Gasteiger partial charge in [-0.05, 0) is 50.5 Å². The summed E-state index contributed by atoms with van der Waals surface area (Å²) in [5.41, 5.74) is 2.35. The average molecular weight is 389 g/mol. The lowest BCUT2D eigenvalue weighted by Crippen LogP contribution is -2.45. The number of nitrogens with one attached hydrogen (secondary N) is 1. The van der Waals surface area contributed by atoms with Gasteiger partial charge in [0.2, 0.25) is 5.91 Å². The van der Waals surface area contributed by atoms with Gasteiger partial charge in [-0.3, -0.25) is 9.10 Å². The molecule has 0 spiro atoms. The van der Waals surface area contributed by atoms with E-state index in [-0.39, 0.29) is 29.3 Å². The van der Waals surface area contributed by atoms with Crippen molar-refractivity contribution in [1.82, 2.24) is 5.32 Å². The van der Waals surface area contributed by atoms with Crippen molar-refractivity contribution in [2.24, 2.45) is 5.92 Å². The summed E-state index contributed by atoms with van der Waals surface area (Å²) in [6, 6.07) is 13.7. The van der Waals surface area contributed by atoms with Crippen molar-refractivity contribution < 1.29 is 13.2 Å². The molecule has 2 aromatic carbocycles. The Labute approximate surface area is 162 Å². The van der Waals surface area contributed by atoms with Crippen molar-refractivity contribution in [3.8, 4) is 0 Å². The summed E-state index contributed by atoms with van der Waals surface area (Å²) in [5.74, 6) is -0.0649. The van der Waals surface area contributed by atoms with Crippen LogP contribution in [0.2, 0.25) is 0 Å². The third-order valence-electron chi connectivity index (χ3n) is 4.63. The molecule has 5 nitrogen and oxygen atoms in total. The van der Waals surface area contributed by atoms with Crippen LogP contribution in [-0.2, 0) is 14.8 Å². The Kier molecular flexibility index (Phi) is 6.65. The number of benzene rings is 2. The monoisotopic (exact) mass is 388 g/mol. The van der Waals surface area contributed by atoms with Gasteiger partial charge >= 0.3 is 0 Å². The molecule has 0 saturated heterocycles. The predicted octanol–water partition coefficient (Wildman–Crippen LogP) is 3.66. The van der Waals surface area contributed by atoms with Crippen LogP contribution in [0.3, 0.4) is 0 Å². The average Bonchev–Trinajstić information content (AvgIpc) is 2.60. The summed E-state index contributed by atoms with van der Waals surface area (Å²) in [6.07, 6.45) is 0. The highest BCUT2D eigenvalue weighted by molar-refractivity contribution is 7.92. The molecule has 1 N–H and O–H groups in total. The van der Waals surface area contributed by atoms with Crippen LogP contribution in [0.4, 0.5) is 5.69 Å². The van der Waals surface area contributed by atoms with Crippen molar-refractivity contribution in [1.29, 1.82) is 0 Å². The van der Waals surface area contributed by atoms with Gasteiger partial charge in [0.1, 0.15) is 6.54 Å². The zero-order valence-electron chi connectivity index (χ0n) is 16.6. The molecule has 0 heterocycles. The number of nitrogens with zero attached hydrogens (tertiary/aromatic N) is 1. The lowest BCUT2D eigenvalue weighted by Gasteiger charge is -2.27. The van der Waals surface area contributed by atoms with E-state index in [1.807, 2.05) is 46.8 Å². The van der Waals surface area contributed by atoms with E-state index in [1.54, 1.807) is 36.4 Å². The SMILES string of the molecule is Cc1ccc(N(CC(=O)N[C@@H](C)C(C)C)S(=O)(=O)c2ccccc2)c(C)c1. The number of carbonyl (C=O) groups excluding carboxylic acids is 1. The van der Waals surface area contributed by atoms with E-state index in [1.165, 1.54) is 4.31 Å².